The number of rotatable bonds is 7. The third-order valence-corrected chi connectivity index (χ3v) is 11.7. The molecule has 0 radical (unpaired) electrons. The first-order valence-electron chi connectivity index (χ1n) is 15.3. The van der Waals surface area contributed by atoms with Crippen molar-refractivity contribution < 1.29 is 9.53 Å². The van der Waals surface area contributed by atoms with Crippen molar-refractivity contribution in [1.29, 1.82) is 0 Å². The molecule has 5 rings (SSSR count). The lowest BCUT2D eigenvalue weighted by Crippen LogP contribution is -2.46. The van der Waals surface area contributed by atoms with Crippen LogP contribution < -0.4 is 0 Å². The molecule has 2 nitrogen and oxygen atoms in total. The third kappa shape index (κ3) is 4.87. The van der Waals surface area contributed by atoms with Crippen LogP contribution >= 0.6 is 0 Å². The Hall–Kier alpha value is -1.83. The minimum Gasteiger partial charge on any atom is -0.459 e. The maximum absolute atomic E-state index is 12.7. The number of esters is 1. The highest BCUT2D eigenvalue weighted by Gasteiger charge is 2.56. The molecule has 7 atom stereocenters. The average Bonchev–Trinajstić information content (AvgIpc) is 3.25. The fourth-order valence-electron chi connectivity index (χ4n) is 9.20. The summed E-state index contributed by atoms with van der Waals surface area (Å²) in [6.07, 6.45) is 13.8. The van der Waals surface area contributed by atoms with E-state index in [1.54, 1.807) is 0 Å². The summed E-state index contributed by atoms with van der Waals surface area (Å²) in [5, 5.41) is 0. The Morgan fingerprint density at radius 1 is 1.03 bits per heavy atom. The van der Waals surface area contributed by atoms with Crippen LogP contribution in [-0.2, 0) is 4.74 Å². The molecule has 0 amide bonds. The van der Waals surface area contributed by atoms with Gasteiger partial charge in [0.15, 0.2) is 0 Å². The van der Waals surface area contributed by atoms with Crippen molar-refractivity contribution in [3.8, 4) is 0 Å². The van der Waals surface area contributed by atoms with E-state index in [9.17, 15) is 4.79 Å². The van der Waals surface area contributed by atoms with Gasteiger partial charge in [0.1, 0.15) is 6.10 Å². The maximum atomic E-state index is 12.7. The number of carbonyl (C=O) groups is 1. The summed E-state index contributed by atoms with van der Waals surface area (Å²) in [7, 11) is 0. The van der Waals surface area contributed by atoms with E-state index in [1.165, 1.54) is 63.4 Å². The average molecular weight is 503 g/mol. The monoisotopic (exact) mass is 502 g/mol. The molecule has 0 bridgehead atoms. The van der Waals surface area contributed by atoms with Gasteiger partial charge < -0.3 is 4.74 Å². The van der Waals surface area contributed by atoms with Gasteiger partial charge in [-0.15, -0.1) is 0 Å². The van der Waals surface area contributed by atoms with Gasteiger partial charge in [0, 0.05) is 0 Å². The fraction of sp³-hybridized carbons (Fsp3) is 0.686. The van der Waals surface area contributed by atoms with Gasteiger partial charge in [-0.05, 0) is 123 Å². The van der Waals surface area contributed by atoms with Crippen LogP contribution in [0, 0.1) is 40.4 Å². The minimum absolute atomic E-state index is 0.0686. The topological polar surface area (TPSA) is 26.3 Å². The van der Waals surface area contributed by atoms with Crippen LogP contribution in [0.3, 0.4) is 0 Å². The summed E-state index contributed by atoms with van der Waals surface area (Å²) in [5.74, 6) is 3.54. The number of ether oxygens (including phenoxy) is 1. The van der Waals surface area contributed by atoms with Crippen LogP contribution in [0.15, 0.2) is 53.6 Å². The Morgan fingerprint density at radius 3 is 2.51 bits per heavy atom. The molecule has 4 aliphatic carbocycles. The minimum atomic E-state index is -0.151. The molecule has 1 aromatic carbocycles. The lowest BCUT2D eigenvalue weighted by atomic mass is 9.50. The van der Waals surface area contributed by atoms with Crippen molar-refractivity contribution in [2.24, 2.45) is 40.4 Å². The van der Waals surface area contributed by atoms with Crippen LogP contribution in [-0.4, -0.2) is 12.1 Å². The van der Waals surface area contributed by atoms with E-state index in [0.717, 1.165) is 30.6 Å². The lowest BCUT2D eigenvalue weighted by molar-refractivity contribution is -0.0157. The molecular weight excluding hydrogens is 452 g/mol. The largest absolute Gasteiger partial charge is 0.459 e. The number of carbonyl (C=O) groups excluding carboxylic acids is 1. The van der Waals surface area contributed by atoms with E-state index in [-0.39, 0.29) is 12.1 Å². The number of benzene rings is 1. The SMILES string of the molecule is C=C(CC[C@@H](C)[C@H]1CC[C@H]2C3=C(CC[C@]12C)[C@@]1(C)CC[C@@H](OC(=O)c2ccccc2)C[C@@H]1CC3)C(C)C. The molecule has 0 unspecified atom stereocenters. The van der Waals surface area contributed by atoms with Gasteiger partial charge >= 0.3 is 5.97 Å². The number of allylic oxidation sites excluding steroid dienone is 3. The molecule has 2 fully saturated rings. The molecule has 2 heteroatoms. The van der Waals surface area contributed by atoms with Gasteiger partial charge in [-0.25, -0.2) is 4.79 Å². The van der Waals surface area contributed by atoms with Gasteiger partial charge in [0.25, 0.3) is 0 Å². The van der Waals surface area contributed by atoms with Gasteiger partial charge in [-0.2, -0.15) is 0 Å². The Bertz CT molecular complexity index is 1030. The van der Waals surface area contributed by atoms with E-state index in [2.05, 4.69) is 41.2 Å². The summed E-state index contributed by atoms with van der Waals surface area (Å²) < 4.78 is 6.03. The van der Waals surface area contributed by atoms with Crippen molar-refractivity contribution in [2.75, 3.05) is 0 Å². The predicted molar refractivity (Wildman–Crippen MR) is 153 cm³/mol. The second kappa shape index (κ2) is 10.4. The second-order valence-electron chi connectivity index (χ2n) is 13.9. The van der Waals surface area contributed by atoms with Crippen molar-refractivity contribution in [3.05, 3.63) is 59.2 Å². The summed E-state index contributed by atoms with van der Waals surface area (Å²) in [4.78, 5) is 12.7. The molecular formula is C35H50O2. The van der Waals surface area contributed by atoms with Crippen LogP contribution in [0.2, 0.25) is 0 Å². The molecule has 0 saturated heterocycles. The molecule has 0 aromatic heterocycles. The summed E-state index contributed by atoms with van der Waals surface area (Å²) in [5.41, 5.74) is 6.59. The van der Waals surface area contributed by atoms with Crippen molar-refractivity contribution in [3.63, 3.8) is 0 Å². The van der Waals surface area contributed by atoms with Crippen LogP contribution in [0.25, 0.3) is 0 Å². The smallest absolute Gasteiger partial charge is 0.338 e. The normalized spacial score (nSPS) is 35.9. The zero-order valence-corrected chi connectivity index (χ0v) is 24.2. The van der Waals surface area contributed by atoms with Crippen LogP contribution in [0.5, 0.6) is 0 Å². The van der Waals surface area contributed by atoms with Crippen molar-refractivity contribution in [1.82, 2.24) is 0 Å². The number of hydrogen-bond acceptors (Lipinski definition) is 2. The Balaban J connectivity index is 1.27. The first-order valence-corrected chi connectivity index (χ1v) is 15.3. The highest BCUT2D eigenvalue weighted by Crippen LogP contribution is 2.66. The standard InChI is InChI=1S/C35H50O2/c1-23(2)24(3)12-13-25(4)30-16-17-31-29-15-14-27-22-28(37-33(36)26-10-8-7-9-11-26)18-20-34(27,5)32(29)19-21-35(30,31)6/h7-11,23,25,27-28,30-31H,3,12-22H2,1-2,4-6H3/t25-,27+,28-,30-,31+,34+,35-/m1/s1. The van der Waals surface area contributed by atoms with E-state index < -0.39 is 0 Å². The zero-order chi connectivity index (χ0) is 26.4. The summed E-state index contributed by atoms with van der Waals surface area (Å²) in [6.45, 7) is 16.7. The van der Waals surface area contributed by atoms with Gasteiger partial charge in [-0.1, -0.05) is 76.1 Å². The van der Waals surface area contributed by atoms with E-state index >= 15 is 0 Å². The predicted octanol–water partition coefficient (Wildman–Crippen LogP) is 9.56. The highest BCUT2D eigenvalue weighted by molar-refractivity contribution is 5.89. The molecule has 4 aliphatic rings. The molecule has 0 aliphatic heterocycles. The quantitative estimate of drug-likeness (QED) is 0.274. The molecule has 0 heterocycles. The molecule has 202 valence electrons. The first kappa shape index (κ1) is 26.8. The molecule has 2 saturated carbocycles. The highest BCUT2D eigenvalue weighted by atomic mass is 16.5. The first-order chi connectivity index (χ1) is 17.6. The van der Waals surface area contributed by atoms with Crippen LogP contribution in [0.4, 0.5) is 0 Å². The summed E-state index contributed by atoms with van der Waals surface area (Å²) >= 11 is 0. The maximum Gasteiger partial charge on any atom is 0.338 e. The van der Waals surface area contributed by atoms with Gasteiger partial charge in [0.05, 0.1) is 5.56 Å². The van der Waals surface area contributed by atoms with Crippen LogP contribution in [0.1, 0.15) is 116 Å². The molecule has 0 spiro atoms. The summed E-state index contributed by atoms with van der Waals surface area (Å²) in [6, 6.07) is 9.50. The number of hydrogen-bond donors (Lipinski definition) is 0. The van der Waals surface area contributed by atoms with E-state index in [1.807, 2.05) is 41.5 Å². The second-order valence-corrected chi connectivity index (χ2v) is 13.9. The lowest BCUT2D eigenvalue weighted by Gasteiger charge is -2.55. The Kier molecular flexibility index (Phi) is 7.51. The van der Waals surface area contributed by atoms with E-state index in [4.69, 9.17) is 4.74 Å². The molecule has 37 heavy (non-hydrogen) atoms. The van der Waals surface area contributed by atoms with Gasteiger partial charge in [-0.3, -0.25) is 0 Å². The molecule has 1 aromatic rings. The number of fused-ring (bicyclic) bond motifs is 4. The van der Waals surface area contributed by atoms with E-state index in [0.29, 0.717) is 28.2 Å². The van der Waals surface area contributed by atoms with Gasteiger partial charge in [0.2, 0.25) is 0 Å². The zero-order valence-electron chi connectivity index (χ0n) is 24.2. The molecule has 0 N–H and O–H groups in total. The third-order valence-electron chi connectivity index (χ3n) is 11.7. The van der Waals surface area contributed by atoms with Crippen molar-refractivity contribution >= 4 is 5.97 Å². The Labute approximate surface area is 226 Å². The Morgan fingerprint density at radius 2 is 1.78 bits per heavy atom. The fourth-order valence-corrected chi connectivity index (χ4v) is 9.20. The van der Waals surface area contributed by atoms with Crippen molar-refractivity contribution in [2.45, 2.75) is 111 Å².